The van der Waals surface area contributed by atoms with Gasteiger partial charge in [-0.15, -0.1) is 11.3 Å². The van der Waals surface area contributed by atoms with Crippen LogP contribution in [0, 0.1) is 5.41 Å². The Balaban J connectivity index is 2.59. The highest BCUT2D eigenvalue weighted by atomic mass is 79.9. The topological polar surface area (TPSA) is 55.1 Å². The second-order valence-corrected chi connectivity index (χ2v) is 6.42. The quantitative estimate of drug-likeness (QED) is 0.847. The minimum Gasteiger partial charge on any atom is -0.351 e. The molecule has 1 aromatic heterocycles. The van der Waals surface area contributed by atoms with Crippen molar-refractivity contribution in [1.29, 1.82) is 0 Å². The maximum Gasteiger partial charge on any atom is 0.227 e. The van der Waals surface area contributed by atoms with E-state index in [1.54, 1.807) is 11.3 Å². The zero-order chi connectivity index (χ0) is 12.9. The minimum atomic E-state index is -0.409. The summed E-state index contributed by atoms with van der Waals surface area (Å²) < 4.78 is 1.08. The van der Waals surface area contributed by atoms with Gasteiger partial charge in [-0.3, -0.25) is 4.79 Å². The molecule has 1 aromatic rings. The van der Waals surface area contributed by atoms with Crippen LogP contribution in [-0.2, 0) is 11.3 Å². The van der Waals surface area contributed by atoms with Gasteiger partial charge in [-0.1, -0.05) is 13.8 Å². The van der Waals surface area contributed by atoms with Gasteiger partial charge in [0.15, 0.2) is 0 Å². The molecule has 0 aliphatic heterocycles. The molecular weight excluding hydrogens is 300 g/mol. The minimum absolute atomic E-state index is 0.0623. The van der Waals surface area contributed by atoms with E-state index in [0.29, 0.717) is 13.1 Å². The van der Waals surface area contributed by atoms with Crippen molar-refractivity contribution in [3.63, 3.8) is 0 Å². The first-order valence-electron chi connectivity index (χ1n) is 5.79. The Morgan fingerprint density at radius 3 is 2.59 bits per heavy atom. The third kappa shape index (κ3) is 3.53. The molecule has 0 atom stereocenters. The number of hydrogen-bond acceptors (Lipinski definition) is 3. The van der Waals surface area contributed by atoms with Gasteiger partial charge in [0.1, 0.15) is 0 Å². The third-order valence-corrected chi connectivity index (χ3v) is 4.85. The van der Waals surface area contributed by atoms with Gasteiger partial charge in [-0.25, -0.2) is 0 Å². The van der Waals surface area contributed by atoms with Crippen molar-refractivity contribution in [3.8, 4) is 0 Å². The molecule has 1 amide bonds. The SMILES string of the molecule is CCC(CC)(CN)C(=O)NCc1csc(Br)c1. The molecule has 0 aliphatic rings. The molecule has 0 saturated carbocycles. The lowest BCUT2D eigenvalue weighted by Crippen LogP contribution is -2.44. The normalized spacial score (nSPS) is 11.5. The van der Waals surface area contributed by atoms with E-state index in [-0.39, 0.29) is 5.91 Å². The summed E-state index contributed by atoms with van der Waals surface area (Å²) in [6.45, 7) is 5.00. The van der Waals surface area contributed by atoms with Crippen LogP contribution in [-0.4, -0.2) is 12.5 Å². The molecule has 17 heavy (non-hydrogen) atoms. The van der Waals surface area contributed by atoms with Gasteiger partial charge in [-0.05, 0) is 45.8 Å². The summed E-state index contributed by atoms with van der Waals surface area (Å²) >= 11 is 5.03. The van der Waals surface area contributed by atoms with Gasteiger partial charge >= 0.3 is 0 Å². The predicted molar refractivity (Wildman–Crippen MR) is 75.9 cm³/mol. The molecule has 96 valence electrons. The second kappa shape index (κ2) is 6.52. The zero-order valence-electron chi connectivity index (χ0n) is 10.3. The highest BCUT2D eigenvalue weighted by molar-refractivity contribution is 9.11. The predicted octanol–water partition coefficient (Wildman–Crippen LogP) is 2.89. The summed E-state index contributed by atoms with van der Waals surface area (Å²) in [5.41, 5.74) is 6.45. The van der Waals surface area contributed by atoms with Crippen molar-refractivity contribution in [2.75, 3.05) is 6.54 Å². The fourth-order valence-electron chi connectivity index (χ4n) is 1.76. The number of carbonyl (C=O) groups is 1. The fourth-order valence-corrected chi connectivity index (χ4v) is 2.97. The van der Waals surface area contributed by atoms with Crippen molar-refractivity contribution >= 4 is 33.2 Å². The summed E-state index contributed by atoms with van der Waals surface area (Å²) in [5.74, 6) is 0.0623. The third-order valence-electron chi connectivity index (χ3n) is 3.30. The maximum atomic E-state index is 12.1. The summed E-state index contributed by atoms with van der Waals surface area (Å²) in [6.07, 6.45) is 1.55. The van der Waals surface area contributed by atoms with Crippen LogP contribution in [0.15, 0.2) is 15.2 Å². The van der Waals surface area contributed by atoms with Crippen LogP contribution >= 0.6 is 27.3 Å². The van der Waals surface area contributed by atoms with E-state index in [1.807, 2.05) is 25.3 Å². The molecule has 0 saturated heterocycles. The molecule has 0 fully saturated rings. The second-order valence-electron chi connectivity index (χ2n) is 4.13. The number of rotatable bonds is 6. The summed E-state index contributed by atoms with van der Waals surface area (Å²) in [4.78, 5) is 12.1. The Kier molecular flexibility index (Phi) is 5.62. The van der Waals surface area contributed by atoms with Crippen LogP contribution in [0.1, 0.15) is 32.3 Å². The molecule has 0 aromatic carbocycles. The molecule has 0 bridgehead atoms. The van der Waals surface area contributed by atoms with Gasteiger partial charge in [-0.2, -0.15) is 0 Å². The van der Waals surface area contributed by atoms with E-state index >= 15 is 0 Å². The maximum absolute atomic E-state index is 12.1. The van der Waals surface area contributed by atoms with E-state index in [1.165, 1.54) is 0 Å². The smallest absolute Gasteiger partial charge is 0.227 e. The number of halogens is 1. The Morgan fingerprint density at radius 2 is 2.18 bits per heavy atom. The first kappa shape index (κ1) is 14.7. The number of nitrogens with one attached hydrogen (secondary N) is 1. The highest BCUT2D eigenvalue weighted by Gasteiger charge is 2.32. The van der Waals surface area contributed by atoms with Crippen molar-refractivity contribution in [2.45, 2.75) is 33.2 Å². The number of thiophene rings is 1. The lowest BCUT2D eigenvalue weighted by Gasteiger charge is -2.28. The average Bonchev–Trinajstić information content (AvgIpc) is 2.75. The van der Waals surface area contributed by atoms with Crippen molar-refractivity contribution < 1.29 is 4.79 Å². The van der Waals surface area contributed by atoms with Crippen molar-refractivity contribution in [2.24, 2.45) is 11.1 Å². The summed E-state index contributed by atoms with van der Waals surface area (Å²) in [7, 11) is 0. The Morgan fingerprint density at radius 1 is 1.53 bits per heavy atom. The lowest BCUT2D eigenvalue weighted by molar-refractivity contribution is -0.131. The molecule has 0 spiro atoms. The summed E-state index contributed by atoms with van der Waals surface area (Å²) in [5, 5.41) is 5.01. The average molecular weight is 319 g/mol. The Hall–Kier alpha value is -0.390. The molecule has 0 aliphatic carbocycles. The van der Waals surface area contributed by atoms with Gasteiger partial charge in [0, 0.05) is 13.1 Å². The Labute approximate surface area is 115 Å². The van der Waals surface area contributed by atoms with Crippen LogP contribution < -0.4 is 11.1 Å². The van der Waals surface area contributed by atoms with Gasteiger partial charge in [0.25, 0.3) is 0 Å². The summed E-state index contributed by atoms with van der Waals surface area (Å²) in [6, 6.07) is 2.02. The van der Waals surface area contributed by atoms with Gasteiger partial charge in [0.2, 0.25) is 5.91 Å². The lowest BCUT2D eigenvalue weighted by atomic mass is 9.81. The Bertz CT molecular complexity index is 366. The van der Waals surface area contributed by atoms with Gasteiger partial charge in [0.05, 0.1) is 9.20 Å². The fraction of sp³-hybridized carbons (Fsp3) is 0.583. The van der Waals surface area contributed by atoms with E-state index in [4.69, 9.17) is 5.73 Å². The first-order valence-corrected chi connectivity index (χ1v) is 7.46. The molecular formula is C12H19BrN2OS. The number of nitrogens with two attached hydrogens (primary N) is 1. The molecule has 3 nitrogen and oxygen atoms in total. The van der Waals surface area contributed by atoms with Crippen molar-refractivity contribution in [1.82, 2.24) is 5.32 Å². The van der Waals surface area contributed by atoms with E-state index in [9.17, 15) is 4.79 Å². The van der Waals surface area contributed by atoms with Crippen molar-refractivity contribution in [3.05, 3.63) is 20.8 Å². The van der Waals surface area contributed by atoms with Crippen LogP contribution in [0.5, 0.6) is 0 Å². The molecule has 1 rings (SSSR count). The number of hydrogen-bond donors (Lipinski definition) is 2. The van der Waals surface area contributed by atoms with Crippen LogP contribution in [0.3, 0.4) is 0 Å². The highest BCUT2D eigenvalue weighted by Crippen LogP contribution is 2.25. The monoisotopic (exact) mass is 318 g/mol. The molecule has 0 radical (unpaired) electrons. The standard InChI is InChI=1S/C12H19BrN2OS/c1-3-12(4-2,8-14)11(16)15-6-9-5-10(13)17-7-9/h5,7H,3-4,6,8,14H2,1-2H3,(H,15,16). The van der Waals surface area contributed by atoms with E-state index in [0.717, 1.165) is 22.2 Å². The van der Waals surface area contributed by atoms with Crippen LogP contribution in [0.4, 0.5) is 0 Å². The van der Waals surface area contributed by atoms with Crippen LogP contribution in [0.2, 0.25) is 0 Å². The zero-order valence-corrected chi connectivity index (χ0v) is 12.7. The largest absolute Gasteiger partial charge is 0.351 e. The molecule has 0 unspecified atom stereocenters. The molecule has 3 N–H and O–H groups in total. The number of amides is 1. The molecule has 1 heterocycles. The van der Waals surface area contributed by atoms with E-state index in [2.05, 4.69) is 21.2 Å². The van der Waals surface area contributed by atoms with Gasteiger partial charge < -0.3 is 11.1 Å². The van der Waals surface area contributed by atoms with Crippen LogP contribution in [0.25, 0.3) is 0 Å². The first-order chi connectivity index (χ1) is 8.07. The molecule has 5 heteroatoms. The number of carbonyl (C=O) groups excluding carboxylic acids is 1. The van der Waals surface area contributed by atoms with E-state index < -0.39 is 5.41 Å².